The van der Waals surface area contributed by atoms with E-state index in [-0.39, 0.29) is 11.8 Å². The normalized spacial score (nSPS) is 15.6. The quantitative estimate of drug-likeness (QED) is 0.694. The third-order valence-corrected chi connectivity index (χ3v) is 5.93. The third kappa shape index (κ3) is 3.98. The number of aromatic nitrogens is 2. The predicted octanol–water partition coefficient (Wildman–Crippen LogP) is 3.58. The Morgan fingerprint density at radius 2 is 1.60 bits per heavy atom. The summed E-state index contributed by atoms with van der Waals surface area (Å²) in [6.45, 7) is 6.62. The molecule has 1 aromatic heterocycles. The molecule has 0 spiro atoms. The summed E-state index contributed by atoms with van der Waals surface area (Å²) in [5.41, 5.74) is 7.87. The Bertz CT molecular complexity index is 1050. The number of hydrogen-bond donors (Lipinski definition) is 1. The smallest absolute Gasteiger partial charge is 0.239 e. The molecule has 0 radical (unpaired) electrons. The van der Waals surface area contributed by atoms with Gasteiger partial charge in [0, 0.05) is 47.5 Å². The second-order valence-electron chi connectivity index (χ2n) is 8.01. The lowest BCUT2D eigenvalue weighted by atomic mass is 10.0. The Balaban J connectivity index is 1.60. The minimum absolute atomic E-state index is 0.0266. The van der Waals surface area contributed by atoms with Crippen molar-refractivity contribution in [3.05, 3.63) is 53.6 Å². The highest BCUT2D eigenvalue weighted by molar-refractivity contribution is 6.30. The number of fused-ring (bicyclic) bond motifs is 1. The van der Waals surface area contributed by atoms with Crippen molar-refractivity contribution < 1.29 is 4.79 Å². The van der Waals surface area contributed by atoms with Crippen LogP contribution in [0.15, 0.2) is 48.5 Å². The van der Waals surface area contributed by atoms with Gasteiger partial charge in [0.1, 0.15) is 5.69 Å². The first-order valence-corrected chi connectivity index (χ1v) is 10.6. The van der Waals surface area contributed by atoms with Gasteiger partial charge in [0.2, 0.25) is 5.91 Å². The number of rotatable bonds is 4. The van der Waals surface area contributed by atoms with Crippen LogP contribution >= 0.6 is 11.6 Å². The van der Waals surface area contributed by atoms with Crippen molar-refractivity contribution in [1.29, 1.82) is 0 Å². The van der Waals surface area contributed by atoms with Gasteiger partial charge in [0.15, 0.2) is 5.82 Å². The Kier molecular flexibility index (Phi) is 5.88. The fraction of sp³-hybridized carbons (Fsp3) is 0.348. The molecule has 1 aliphatic heterocycles. The van der Waals surface area contributed by atoms with Crippen LogP contribution in [-0.4, -0.2) is 53.2 Å². The molecular weight excluding hydrogens is 398 g/mol. The van der Waals surface area contributed by atoms with Crippen molar-refractivity contribution >= 4 is 34.1 Å². The van der Waals surface area contributed by atoms with Gasteiger partial charge in [-0.3, -0.25) is 4.79 Å². The van der Waals surface area contributed by atoms with Crippen molar-refractivity contribution in [1.82, 2.24) is 15.1 Å². The number of benzene rings is 2. The lowest BCUT2D eigenvalue weighted by Crippen LogP contribution is -2.54. The summed E-state index contributed by atoms with van der Waals surface area (Å²) in [4.78, 5) is 16.6. The van der Waals surface area contributed by atoms with Gasteiger partial charge < -0.3 is 15.5 Å². The topological polar surface area (TPSA) is 75.4 Å². The number of piperazine rings is 1. The Morgan fingerprint density at radius 1 is 0.967 bits per heavy atom. The van der Waals surface area contributed by atoms with Gasteiger partial charge in [-0.05, 0) is 18.1 Å². The lowest BCUT2D eigenvalue weighted by molar-refractivity contribution is -0.133. The monoisotopic (exact) mass is 423 g/mol. The maximum Gasteiger partial charge on any atom is 0.239 e. The molecule has 2 N–H and O–H groups in total. The molecule has 0 aliphatic carbocycles. The van der Waals surface area contributed by atoms with E-state index in [1.165, 1.54) is 0 Å². The van der Waals surface area contributed by atoms with Crippen LogP contribution in [0.2, 0.25) is 5.02 Å². The molecule has 30 heavy (non-hydrogen) atoms. The summed E-state index contributed by atoms with van der Waals surface area (Å²) >= 11 is 6.04. The number of hydrogen-bond acceptors (Lipinski definition) is 5. The molecule has 1 atom stereocenters. The summed E-state index contributed by atoms with van der Waals surface area (Å²) < 4.78 is 0. The summed E-state index contributed by atoms with van der Waals surface area (Å²) in [6, 6.07) is 15.4. The number of anilines is 1. The van der Waals surface area contributed by atoms with Crippen LogP contribution in [0.3, 0.4) is 0 Å². The molecule has 1 amide bonds. The van der Waals surface area contributed by atoms with E-state index in [1.54, 1.807) is 0 Å². The number of carbonyl (C=O) groups excluding carboxylic acids is 1. The zero-order valence-corrected chi connectivity index (χ0v) is 18.0. The van der Waals surface area contributed by atoms with E-state index < -0.39 is 6.04 Å². The zero-order chi connectivity index (χ0) is 21.3. The Labute approximate surface area is 181 Å². The first-order valence-electron chi connectivity index (χ1n) is 10.3. The SMILES string of the molecule is CC(C)C(N)C(=O)N1CCN(c2nnc(-c3ccc(Cl)cc3)c3ccccc23)CC1. The van der Waals surface area contributed by atoms with Crippen molar-refractivity contribution in [3.8, 4) is 11.3 Å². The van der Waals surface area contributed by atoms with Crippen LogP contribution in [0.5, 0.6) is 0 Å². The van der Waals surface area contributed by atoms with Crippen molar-refractivity contribution in [2.75, 3.05) is 31.1 Å². The maximum atomic E-state index is 12.6. The molecule has 0 saturated carbocycles. The fourth-order valence-corrected chi connectivity index (χ4v) is 3.90. The second-order valence-corrected chi connectivity index (χ2v) is 8.44. The van der Waals surface area contributed by atoms with Gasteiger partial charge >= 0.3 is 0 Å². The van der Waals surface area contributed by atoms with Crippen LogP contribution in [0.25, 0.3) is 22.0 Å². The average Bonchev–Trinajstić information content (AvgIpc) is 2.78. The van der Waals surface area contributed by atoms with Gasteiger partial charge in [0.25, 0.3) is 0 Å². The molecule has 3 aromatic rings. The molecule has 1 fully saturated rings. The molecule has 7 heteroatoms. The van der Waals surface area contributed by atoms with Crippen LogP contribution in [-0.2, 0) is 4.79 Å². The highest BCUT2D eigenvalue weighted by atomic mass is 35.5. The summed E-state index contributed by atoms with van der Waals surface area (Å²) in [6.07, 6.45) is 0. The van der Waals surface area contributed by atoms with Crippen molar-refractivity contribution in [2.24, 2.45) is 11.7 Å². The lowest BCUT2D eigenvalue weighted by Gasteiger charge is -2.37. The molecule has 0 bridgehead atoms. The molecular formula is C23H26ClN5O. The number of amides is 1. The predicted molar refractivity (Wildman–Crippen MR) is 122 cm³/mol. The standard InChI is InChI=1S/C23H26ClN5O/c1-15(2)20(25)23(30)29-13-11-28(12-14-29)22-19-6-4-3-5-18(19)21(26-27-22)16-7-9-17(24)10-8-16/h3-10,15,20H,11-14,25H2,1-2H3. The van der Waals surface area contributed by atoms with Gasteiger partial charge in [-0.1, -0.05) is 61.8 Å². The minimum atomic E-state index is -0.448. The number of carbonyl (C=O) groups is 1. The van der Waals surface area contributed by atoms with Crippen LogP contribution < -0.4 is 10.6 Å². The molecule has 2 heterocycles. The molecule has 1 aliphatic rings. The largest absolute Gasteiger partial charge is 0.351 e. The van der Waals surface area contributed by atoms with E-state index in [1.807, 2.05) is 55.1 Å². The van der Waals surface area contributed by atoms with E-state index in [4.69, 9.17) is 17.3 Å². The first kappa shape index (κ1) is 20.6. The summed E-state index contributed by atoms with van der Waals surface area (Å²) in [7, 11) is 0. The fourth-order valence-electron chi connectivity index (χ4n) is 3.78. The van der Waals surface area contributed by atoms with Crippen LogP contribution in [0, 0.1) is 5.92 Å². The number of halogens is 1. The molecule has 4 rings (SSSR count). The van der Waals surface area contributed by atoms with E-state index >= 15 is 0 Å². The average molecular weight is 424 g/mol. The number of nitrogens with zero attached hydrogens (tertiary/aromatic N) is 4. The van der Waals surface area contributed by atoms with E-state index in [0.29, 0.717) is 31.2 Å². The van der Waals surface area contributed by atoms with E-state index in [9.17, 15) is 4.79 Å². The zero-order valence-electron chi connectivity index (χ0n) is 17.3. The first-order chi connectivity index (χ1) is 14.5. The van der Waals surface area contributed by atoms with Gasteiger partial charge in [-0.15, -0.1) is 10.2 Å². The maximum absolute atomic E-state index is 12.6. The van der Waals surface area contributed by atoms with Crippen molar-refractivity contribution in [2.45, 2.75) is 19.9 Å². The van der Waals surface area contributed by atoms with Crippen LogP contribution in [0.1, 0.15) is 13.8 Å². The van der Waals surface area contributed by atoms with Gasteiger partial charge in [0.05, 0.1) is 6.04 Å². The summed E-state index contributed by atoms with van der Waals surface area (Å²) in [5.74, 6) is 1.01. The Morgan fingerprint density at radius 3 is 2.23 bits per heavy atom. The number of nitrogens with two attached hydrogens (primary N) is 1. The second kappa shape index (κ2) is 8.58. The Hall–Kier alpha value is -2.70. The highest BCUT2D eigenvalue weighted by Gasteiger charge is 2.28. The summed E-state index contributed by atoms with van der Waals surface area (Å²) in [5, 5.41) is 11.9. The third-order valence-electron chi connectivity index (χ3n) is 5.68. The van der Waals surface area contributed by atoms with Crippen LogP contribution in [0.4, 0.5) is 5.82 Å². The minimum Gasteiger partial charge on any atom is -0.351 e. The molecule has 6 nitrogen and oxygen atoms in total. The van der Waals surface area contributed by atoms with E-state index in [0.717, 1.165) is 27.8 Å². The van der Waals surface area contributed by atoms with Crippen molar-refractivity contribution in [3.63, 3.8) is 0 Å². The van der Waals surface area contributed by atoms with Gasteiger partial charge in [-0.25, -0.2) is 0 Å². The molecule has 2 aromatic carbocycles. The molecule has 1 saturated heterocycles. The highest BCUT2D eigenvalue weighted by Crippen LogP contribution is 2.32. The van der Waals surface area contributed by atoms with Gasteiger partial charge in [-0.2, -0.15) is 0 Å². The van der Waals surface area contributed by atoms with E-state index in [2.05, 4.69) is 27.2 Å². The molecule has 156 valence electrons. The molecule has 1 unspecified atom stereocenters.